The van der Waals surface area contributed by atoms with Crippen molar-refractivity contribution in [1.82, 2.24) is 0 Å². The Kier molecular flexibility index (Phi) is 4.78. The number of benzene rings is 1. The Labute approximate surface area is 112 Å². The third kappa shape index (κ3) is 3.86. The number of carboxylic acid groups (broad SMARTS) is 1. The maximum atomic E-state index is 11.1. The fraction of sp³-hybridized carbons (Fsp3) is 0.500. The van der Waals surface area contributed by atoms with E-state index in [1.807, 2.05) is 13.8 Å². The van der Waals surface area contributed by atoms with Crippen LogP contribution in [0, 0.1) is 5.92 Å². The van der Waals surface area contributed by atoms with Crippen LogP contribution in [0.3, 0.4) is 0 Å². The van der Waals surface area contributed by atoms with Gasteiger partial charge in [-0.3, -0.25) is 0 Å². The van der Waals surface area contributed by atoms with E-state index in [2.05, 4.69) is 0 Å². The smallest absolute Gasteiger partial charge is 0.339 e. The van der Waals surface area contributed by atoms with Crippen LogP contribution in [0.5, 0.6) is 11.5 Å². The van der Waals surface area contributed by atoms with Crippen molar-refractivity contribution in [2.24, 2.45) is 5.92 Å². The highest BCUT2D eigenvalue weighted by atomic mass is 16.5. The lowest BCUT2D eigenvalue weighted by molar-refractivity contribution is -0.0269. The van der Waals surface area contributed by atoms with Gasteiger partial charge in [0.05, 0.1) is 12.7 Å². The molecule has 1 unspecified atom stereocenters. The summed E-state index contributed by atoms with van der Waals surface area (Å²) in [6.45, 7) is 5.40. The summed E-state index contributed by atoms with van der Waals surface area (Å²) in [5.74, 6) is -0.398. The van der Waals surface area contributed by atoms with Crippen LogP contribution in [-0.2, 0) is 0 Å². The predicted octanol–water partition coefficient (Wildman–Crippen LogP) is 2.18. The summed E-state index contributed by atoms with van der Waals surface area (Å²) in [6.07, 6.45) is 0. The van der Waals surface area contributed by atoms with Crippen molar-refractivity contribution in [2.75, 3.05) is 13.7 Å². The van der Waals surface area contributed by atoms with Gasteiger partial charge in [0.25, 0.3) is 0 Å². The van der Waals surface area contributed by atoms with E-state index in [1.54, 1.807) is 13.0 Å². The van der Waals surface area contributed by atoms with Gasteiger partial charge in [-0.1, -0.05) is 13.8 Å². The third-order valence-corrected chi connectivity index (χ3v) is 3.18. The second-order valence-electron chi connectivity index (χ2n) is 4.97. The second kappa shape index (κ2) is 5.93. The first kappa shape index (κ1) is 15.3. The maximum Gasteiger partial charge on any atom is 0.339 e. The van der Waals surface area contributed by atoms with Gasteiger partial charge in [0, 0.05) is 6.07 Å². The highest BCUT2D eigenvalue weighted by molar-refractivity contribution is 5.91. The van der Waals surface area contributed by atoms with E-state index >= 15 is 0 Å². The average Bonchev–Trinajstić information content (AvgIpc) is 2.35. The quantitative estimate of drug-likeness (QED) is 0.827. The van der Waals surface area contributed by atoms with Gasteiger partial charge < -0.3 is 19.7 Å². The Hall–Kier alpha value is -1.75. The standard InChI is InChI=1S/C14H20O5/c1-9(2)14(3,17)8-19-12-7-10(18-4)5-6-11(12)13(15)16/h5-7,9,17H,8H2,1-4H3,(H,15,16). The van der Waals surface area contributed by atoms with Gasteiger partial charge in [-0.15, -0.1) is 0 Å². The minimum Gasteiger partial charge on any atom is -0.497 e. The van der Waals surface area contributed by atoms with Crippen LogP contribution < -0.4 is 9.47 Å². The van der Waals surface area contributed by atoms with Crippen molar-refractivity contribution in [3.05, 3.63) is 23.8 Å². The van der Waals surface area contributed by atoms with Crippen LogP contribution >= 0.6 is 0 Å². The summed E-state index contributed by atoms with van der Waals surface area (Å²) >= 11 is 0. The fourth-order valence-corrected chi connectivity index (χ4v) is 1.32. The normalized spacial score (nSPS) is 14.0. The Morgan fingerprint density at radius 3 is 2.53 bits per heavy atom. The first-order valence-corrected chi connectivity index (χ1v) is 6.04. The number of methoxy groups -OCH3 is 1. The Balaban J connectivity index is 2.95. The molecule has 0 amide bonds. The van der Waals surface area contributed by atoms with E-state index in [4.69, 9.17) is 14.6 Å². The number of rotatable bonds is 6. The molecular weight excluding hydrogens is 248 g/mol. The molecule has 2 N–H and O–H groups in total. The zero-order valence-corrected chi connectivity index (χ0v) is 11.6. The Bertz CT molecular complexity index is 451. The van der Waals surface area contributed by atoms with E-state index < -0.39 is 11.6 Å². The first-order chi connectivity index (χ1) is 8.77. The molecule has 0 radical (unpaired) electrons. The summed E-state index contributed by atoms with van der Waals surface area (Å²) < 4.78 is 10.5. The minimum absolute atomic E-state index is 0.00798. The lowest BCUT2D eigenvalue weighted by Crippen LogP contribution is -2.38. The van der Waals surface area contributed by atoms with Gasteiger partial charge in [0.1, 0.15) is 23.7 Å². The molecule has 0 saturated carbocycles. The van der Waals surface area contributed by atoms with E-state index in [0.29, 0.717) is 5.75 Å². The van der Waals surface area contributed by atoms with Crippen LogP contribution in [0.2, 0.25) is 0 Å². The zero-order chi connectivity index (χ0) is 14.6. The van der Waals surface area contributed by atoms with E-state index in [1.165, 1.54) is 19.2 Å². The topological polar surface area (TPSA) is 76.0 Å². The molecule has 0 spiro atoms. The van der Waals surface area contributed by atoms with E-state index in [0.717, 1.165) is 0 Å². The summed E-state index contributed by atoms with van der Waals surface area (Å²) in [7, 11) is 1.49. The maximum absolute atomic E-state index is 11.1. The molecule has 5 heteroatoms. The molecule has 0 aromatic heterocycles. The number of hydrogen-bond donors (Lipinski definition) is 2. The van der Waals surface area contributed by atoms with Gasteiger partial charge >= 0.3 is 5.97 Å². The molecule has 5 nitrogen and oxygen atoms in total. The molecular formula is C14H20O5. The van der Waals surface area contributed by atoms with E-state index in [9.17, 15) is 9.90 Å². The molecule has 1 aromatic carbocycles. The van der Waals surface area contributed by atoms with Crippen LogP contribution in [-0.4, -0.2) is 35.5 Å². The van der Waals surface area contributed by atoms with Crippen LogP contribution in [0.4, 0.5) is 0 Å². The largest absolute Gasteiger partial charge is 0.497 e. The number of aliphatic hydroxyl groups is 1. The van der Waals surface area contributed by atoms with Gasteiger partial charge in [0.15, 0.2) is 0 Å². The lowest BCUT2D eigenvalue weighted by atomic mass is 9.94. The highest BCUT2D eigenvalue weighted by Gasteiger charge is 2.26. The molecule has 1 aromatic rings. The number of hydrogen-bond acceptors (Lipinski definition) is 4. The number of carbonyl (C=O) groups is 1. The predicted molar refractivity (Wildman–Crippen MR) is 70.9 cm³/mol. The molecule has 19 heavy (non-hydrogen) atoms. The molecule has 0 fully saturated rings. The second-order valence-corrected chi connectivity index (χ2v) is 4.97. The van der Waals surface area contributed by atoms with Gasteiger partial charge in [-0.05, 0) is 25.0 Å². The third-order valence-electron chi connectivity index (χ3n) is 3.18. The van der Waals surface area contributed by atoms with Crippen molar-refractivity contribution in [2.45, 2.75) is 26.4 Å². The molecule has 1 atom stereocenters. The summed E-state index contributed by atoms with van der Waals surface area (Å²) in [4.78, 5) is 11.1. The van der Waals surface area contributed by atoms with Gasteiger partial charge in [-0.25, -0.2) is 4.79 Å². The van der Waals surface area contributed by atoms with Crippen molar-refractivity contribution in [3.63, 3.8) is 0 Å². The molecule has 0 aliphatic heterocycles. The number of carboxylic acids is 1. The number of aromatic carboxylic acids is 1. The average molecular weight is 268 g/mol. The molecule has 106 valence electrons. The van der Waals surface area contributed by atoms with Crippen LogP contribution in [0.1, 0.15) is 31.1 Å². The molecule has 0 aliphatic rings. The number of ether oxygens (including phenoxy) is 2. The van der Waals surface area contributed by atoms with Crippen molar-refractivity contribution < 1.29 is 24.5 Å². The monoisotopic (exact) mass is 268 g/mol. The summed E-state index contributed by atoms with van der Waals surface area (Å²) in [5.41, 5.74) is -0.987. The highest BCUT2D eigenvalue weighted by Crippen LogP contribution is 2.26. The van der Waals surface area contributed by atoms with Crippen LogP contribution in [0.15, 0.2) is 18.2 Å². The fourth-order valence-electron chi connectivity index (χ4n) is 1.32. The Morgan fingerprint density at radius 1 is 1.42 bits per heavy atom. The minimum atomic E-state index is -1.08. The zero-order valence-electron chi connectivity index (χ0n) is 11.6. The SMILES string of the molecule is COc1ccc(C(=O)O)c(OCC(C)(O)C(C)C)c1. The van der Waals surface area contributed by atoms with Crippen molar-refractivity contribution in [1.29, 1.82) is 0 Å². The van der Waals surface area contributed by atoms with Crippen molar-refractivity contribution >= 4 is 5.97 Å². The van der Waals surface area contributed by atoms with Crippen molar-refractivity contribution in [3.8, 4) is 11.5 Å². The Morgan fingerprint density at radius 2 is 2.05 bits per heavy atom. The first-order valence-electron chi connectivity index (χ1n) is 6.04. The molecule has 0 saturated heterocycles. The van der Waals surface area contributed by atoms with Gasteiger partial charge in [0.2, 0.25) is 0 Å². The summed E-state index contributed by atoms with van der Waals surface area (Å²) in [5, 5.41) is 19.2. The van der Waals surface area contributed by atoms with Gasteiger partial charge in [-0.2, -0.15) is 0 Å². The van der Waals surface area contributed by atoms with Crippen LogP contribution in [0.25, 0.3) is 0 Å². The molecule has 0 bridgehead atoms. The molecule has 1 rings (SSSR count). The summed E-state index contributed by atoms with van der Waals surface area (Å²) in [6, 6.07) is 4.47. The lowest BCUT2D eigenvalue weighted by Gasteiger charge is -2.27. The molecule has 0 heterocycles. The van der Waals surface area contributed by atoms with E-state index in [-0.39, 0.29) is 23.8 Å². The molecule has 0 aliphatic carbocycles.